The van der Waals surface area contributed by atoms with Crippen LogP contribution in [0.1, 0.15) is 52.8 Å². The van der Waals surface area contributed by atoms with E-state index in [2.05, 4.69) is 16.6 Å². The van der Waals surface area contributed by atoms with Crippen LogP contribution in [-0.2, 0) is 0 Å². The van der Waals surface area contributed by atoms with Crippen LogP contribution in [-0.4, -0.2) is 39.4 Å². The van der Waals surface area contributed by atoms with Gasteiger partial charge in [-0.1, -0.05) is 11.3 Å². The van der Waals surface area contributed by atoms with Crippen LogP contribution in [0.3, 0.4) is 0 Å². The van der Waals surface area contributed by atoms with Crippen LogP contribution in [0, 0.1) is 0 Å². The SMILES string of the molecule is CSC1CCC(Nc2nc(C(=O)O)c(C(C)=O)s2)CC1. The second-order valence-electron chi connectivity index (χ2n) is 4.91. The number of carboxylic acids is 1. The smallest absolute Gasteiger partial charge is 0.356 e. The number of nitrogens with zero attached hydrogens (tertiary/aromatic N) is 1. The number of carbonyl (C=O) groups is 2. The molecule has 5 nitrogen and oxygen atoms in total. The molecule has 0 radical (unpaired) electrons. The summed E-state index contributed by atoms with van der Waals surface area (Å²) in [4.78, 5) is 26.8. The highest BCUT2D eigenvalue weighted by Gasteiger charge is 2.24. The maximum atomic E-state index is 11.4. The van der Waals surface area contributed by atoms with E-state index in [0.29, 0.717) is 11.2 Å². The predicted molar refractivity (Wildman–Crippen MR) is 82.3 cm³/mol. The standard InChI is InChI=1S/C13H18N2O3S2/c1-7(16)11-10(12(17)18)15-13(20-11)14-8-3-5-9(19-2)6-4-8/h8-9H,3-6H2,1-2H3,(H,14,15)(H,17,18). The van der Waals surface area contributed by atoms with E-state index in [1.807, 2.05) is 11.8 Å². The van der Waals surface area contributed by atoms with E-state index in [4.69, 9.17) is 5.11 Å². The highest BCUT2D eigenvalue weighted by atomic mass is 32.2. The van der Waals surface area contributed by atoms with Crippen molar-refractivity contribution in [3.8, 4) is 0 Å². The number of carboxylic acid groups (broad SMARTS) is 1. The third-order valence-electron chi connectivity index (χ3n) is 3.48. The van der Waals surface area contributed by atoms with Crippen LogP contribution in [0.4, 0.5) is 5.13 Å². The minimum Gasteiger partial charge on any atom is -0.476 e. The quantitative estimate of drug-likeness (QED) is 0.813. The fourth-order valence-corrected chi connectivity index (χ4v) is 4.06. The Morgan fingerprint density at radius 3 is 2.45 bits per heavy atom. The van der Waals surface area contributed by atoms with Crippen molar-refractivity contribution < 1.29 is 14.7 Å². The Bertz CT molecular complexity index is 476. The second kappa shape index (κ2) is 6.58. The third kappa shape index (κ3) is 3.52. The largest absolute Gasteiger partial charge is 0.476 e. The molecule has 2 rings (SSSR count). The molecular weight excluding hydrogens is 296 g/mol. The van der Waals surface area contributed by atoms with Gasteiger partial charge < -0.3 is 10.4 Å². The van der Waals surface area contributed by atoms with Gasteiger partial charge in [0.15, 0.2) is 16.6 Å². The highest BCUT2D eigenvalue weighted by molar-refractivity contribution is 7.99. The lowest BCUT2D eigenvalue weighted by molar-refractivity contribution is 0.0687. The Morgan fingerprint density at radius 2 is 2.00 bits per heavy atom. The van der Waals surface area contributed by atoms with Crippen LogP contribution in [0.15, 0.2) is 0 Å². The van der Waals surface area contributed by atoms with Gasteiger partial charge in [-0.25, -0.2) is 9.78 Å². The average Bonchev–Trinajstić information content (AvgIpc) is 2.84. The van der Waals surface area contributed by atoms with E-state index in [1.54, 1.807) is 0 Å². The van der Waals surface area contributed by atoms with E-state index >= 15 is 0 Å². The van der Waals surface area contributed by atoms with Crippen molar-refractivity contribution in [1.29, 1.82) is 0 Å². The molecule has 1 aliphatic carbocycles. The number of Topliss-reactive ketones (excluding diaryl/α,β-unsaturated/α-hetero) is 1. The van der Waals surface area contributed by atoms with Gasteiger partial charge in [0.05, 0.1) is 0 Å². The number of nitrogens with one attached hydrogen (secondary N) is 1. The lowest BCUT2D eigenvalue weighted by Crippen LogP contribution is -2.27. The Hall–Kier alpha value is -1.08. The summed E-state index contributed by atoms with van der Waals surface area (Å²) in [6.45, 7) is 1.37. The molecular formula is C13H18N2O3S2. The lowest BCUT2D eigenvalue weighted by atomic mass is 9.95. The lowest BCUT2D eigenvalue weighted by Gasteiger charge is -2.27. The van der Waals surface area contributed by atoms with E-state index in [0.717, 1.165) is 42.3 Å². The zero-order chi connectivity index (χ0) is 14.7. The van der Waals surface area contributed by atoms with Gasteiger partial charge in [-0.15, -0.1) is 0 Å². The summed E-state index contributed by atoms with van der Waals surface area (Å²) in [7, 11) is 0. The molecule has 0 amide bonds. The summed E-state index contributed by atoms with van der Waals surface area (Å²) in [5.74, 6) is -1.40. The van der Waals surface area contributed by atoms with Crippen molar-refractivity contribution in [3.05, 3.63) is 10.6 Å². The maximum absolute atomic E-state index is 11.4. The van der Waals surface area contributed by atoms with Gasteiger partial charge in [-0.05, 0) is 31.9 Å². The molecule has 1 aliphatic rings. The highest BCUT2D eigenvalue weighted by Crippen LogP contribution is 2.30. The fourth-order valence-electron chi connectivity index (χ4n) is 2.38. The molecule has 7 heteroatoms. The number of ketones is 1. The monoisotopic (exact) mass is 314 g/mol. The first-order valence-electron chi connectivity index (χ1n) is 6.55. The summed E-state index contributed by atoms with van der Waals surface area (Å²) in [6, 6.07) is 0.325. The Balaban J connectivity index is 2.05. The van der Waals surface area contributed by atoms with Crippen molar-refractivity contribution in [2.45, 2.75) is 43.9 Å². The maximum Gasteiger partial charge on any atom is 0.356 e. The minimum atomic E-state index is -1.15. The summed E-state index contributed by atoms with van der Waals surface area (Å²) in [5.41, 5.74) is -0.136. The topological polar surface area (TPSA) is 79.3 Å². The molecule has 0 aromatic carbocycles. The van der Waals surface area contributed by atoms with E-state index in [9.17, 15) is 9.59 Å². The van der Waals surface area contributed by atoms with Crippen molar-refractivity contribution in [2.24, 2.45) is 0 Å². The van der Waals surface area contributed by atoms with Crippen molar-refractivity contribution >= 4 is 40.0 Å². The van der Waals surface area contributed by atoms with E-state index < -0.39 is 5.97 Å². The minimum absolute atomic E-state index is 0.136. The molecule has 0 unspecified atom stereocenters. The molecule has 0 spiro atoms. The molecule has 2 N–H and O–H groups in total. The van der Waals surface area contributed by atoms with Crippen LogP contribution in [0.25, 0.3) is 0 Å². The zero-order valence-electron chi connectivity index (χ0n) is 11.5. The number of rotatable bonds is 5. The van der Waals surface area contributed by atoms with Crippen molar-refractivity contribution in [2.75, 3.05) is 11.6 Å². The Labute approximate surface area is 126 Å². The van der Waals surface area contributed by atoms with Gasteiger partial charge in [-0.3, -0.25) is 4.79 Å². The summed E-state index contributed by atoms with van der Waals surface area (Å²) in [6.07, 6.45) is 6.58. The van der Waals surface area contributed by atoms with Crippen LogP contribution < -0.4 is 5.32 Å². The fraction of sp³-hybridized carbons (Fsp3) is 0.615. The molecule has 1 aromatic rings. The molecule has 0 saturated heterocycles. The molecule has 1 saturated carbocycles. The van der Waals surface area contributed by atoms with E-state index in [-0.39, 0.29) is 16.4 Å². The molecule has 0 atom stereocenters. The summed E-state index contributed by atoms with van der Waals surface area (Å²) < 4.78 is 0. The Kier molecular flexibility index (Phi) is 5.04. The van der Waals surface area contributed by atoms with Crippen LogP contribution in [0.2, 0.25) is 0 Å². The van der Waals surface area contributed by atoms with Crippen molar-refractivity contribution in [1.82, 2.24) is 4.98 Å². The molecule has 1 heterocycles. The molecule has 110 valence electrons. The molecule has 1 fully saturated rings. The molecule has 0 bridgehead atoms. The predicted octanol–water partition coefficient (Wildman–Crippen LogP) is 3.13. The molecule has 20 heavy (non-hydrogen) atoms. The first-order valence-corrected chi connectivity index (χ1v) is 8.66. The number of hydrogen-bond donors (Lipinski definition) is 2. The van der Waals surface area contributed by atoms with Gasteiger partial charge in [0.2, 0.25) is 0 Å². The third-order valence-corrected chi connectivity index (χ3v) is 5.71. The van der Waals surface area contributed by atoms with E-state index in [1.165, 1.54) is 6.92 Å². The summed E-state index contributed by atoms with van der Waals surface area (Å²) >= 11 is 3.04. The number of aromatic carboxylic acids is 1. The Morgan fingerprint density at radius 1 is 1.35 bits per heavy atom. The number of aromatic nitrogens is 1. The number of hydrogen-bond acceptors (Lipinski definition) is 6. The van der Waals surface area contributed by atoms with Gasteiger partial charge in [-0.2, -0.15) is 11.8 Å². The molecule has 0 aliphatic heterocycles. The average molecular weight is 314 g/mol. The normalized spacial score (nSPS) is 22.5. The van der Waals surface area contributed by atoms with Crippen molar-refractivity contribution in [3.63, 3.8) is 0 Å². The number of thioether (sulfide) groups is 1. The number of carbonyl (C=O) groups excluding carboxylic acids is 1. The van der Waals surface area contributed by atoms with Crippen LogP contribution >= 0.6 is 23.1 Å². The van der Waals surface area contributed by atoms with Crippen LogP contribution in [0.5, 0.6) is 0 Å². The van der Waals surface area contributed by atoms with Gasteiger partial charge >= 0.3 is 5.97 Å². The number of thiazole rings is 1. The second-order valence-corrected chi connectivity index (χ2v) is 7.05. The first-order chi connectivity index (χ1) is 9.51. The summed E-state index contributed by atoms with van der Waals surface area (Å²) in [5, 5.41) is 13.6. The first kappa shape index (κ1) is 15.3. The van der Waals surface area contributed by atoms with Gasteiger partial charge in [0.25, 0.3) is 0 Å². The van der Waals surface area contributed by atoms with Gasteiger partial charge in [0.1, 0.15) is 4.88 Å². The van der Waals surface area contributed by atoms with Gasteiger partial charge in [0, 0.05) is 18.2 Å². The molecule has 1 aromatic heterocycles. The zero-order valence-corrected chi connectivity index (χ0v) is 13.1. The number of anilines is 1.